The van der Waals surface area contributed by atoms with E-state index in [0.717, 1.165) is 18.7 Å². The van der Waals surface area contributed by atoms with Crippen molar-refractivity contribution in [3.05, 3.63) is 53.9 Å². The normalized spacial score (nSPS) is 15.4. The van der Waals surface area contributed by atoms with Gasteiger partial charge in [-0.2, -0.15) is 5.10 Å². The first-order valence-corrected chi connectivity index (χ1v) is 8.96. The standard InChI is InChI=1S/C19H25N5O2.ClH/c1-15-4-2-5-16(14-15)17(25)21-11-12-22-18(26)19(6-9-20-10-7-19)24-13-3-8-23-24;/h2-5,8,13-14,20H,6-7,9-12H2,1H3,(H,21,25)(H,22,26);1H. The van der Waals surface area contributed by atoms with Gasteiger partial charge in [-0.05, 0) is 51.1 Å². The van der Waals surface area contributed by atoms with E-state index in [9.17, 15) is 9.59 Å². The van der Waals surface area contributed by atoms with Gasteiger partial charge in [-0.1, -0.05) is 17.7 Å². The molecule has 7 nitrogen and oxygen atoms in total. The topological polar surface area (TPSA) is 88.1 Å². The van der Waals surface area contributed by atoms with Gasteiger partial charge < -0.3 is 16.0 Å². The smallest absolute Gasteiger partial charge is 0.251 e. The van der Waals surface area contributed by atoms with Crippen molar-refractivity contribution in [2.45, 2.75) is 25.3 Å². The highest BCUT2D eigenvalue weighted by molar-refractivity contribution is 5.94. The van der Waals surface area contributed by atoms with E-state index < -0.39 is 5.54 Å². The van der Waals surface area contributed by atoms with E-state index in [0.29, 0.717) is 31.5 Å². The summed E-state index contributed by atoms with van der Waals surface area (Å²) in [5, 5.41) is 13.4. The number of carbonyl (C=O) groups excluding carboxylic acids is 2. The van der Waals surface area contributed by atoms with Crippen molar-refractivity contribution in [2.75, 3.05) is 26.2 Å². The number of nitrogens with one attached hydrogen (secondary N) is 3. The highest BCUT2D eigenvalue weighted by Gasteiger charge is 2.41. The summed E-state index contributed by atoms with van der Waals surface area (Å²) in [6.07, 6.45) is 4.91. The zero-order valence-electron chi connectivity index (χ0n) is 15.4. The molecular formula is C19H26ClN5O2. The van der Waals surface area contributed by atoms with Crippen LogP contribution in [0.5, 0.6) is 0 Å². The molecule has 0 atom stereocenters. The third kappa shape index (κ3) is 4.87. The van der Waals surface area contributed by atoms with Gasteiger partial charge in [-0.15, -0.1) is 12.4 Å². The molecule has 1 aromatic heterocycles. The van der Waals surface area contributed by atoms with E-state index in [-0.39, 0.29) is 24.2 Å². The maximum absolute atomic E-state index is 12.9. The Morgan fingerprint density at radius 2 is 1.93 bits per heavy atom. The van der Waals surface area contributed by atoms with E-state index in [1.165, 1.54) is 0 Å². The minimum Gasteiger partial charge on any atom is -0.352 e. The Bertz CT molecular complexity index is 757. The fraction of sp³-hybridized carbons (Fsp3) is 0.421. The molecule has 0 spiro atoms. The lowest BCUT2D eigenvalue weighted by Gasteiger charge is -2.36. The summed E-state index contributed by atoms with van der Waals surface area (Å²) in [5.41, 5.74) is 1.01. The molecule has 8 heteroatoms. The van der Waals surface area contributed by atoms with Gasteiger partial charge in [-0.25, -0.2) is 0 Å². The molecule has 0 bridgehead atoms. The summed E-state index contributed by atoms with van der Waals surface area (Å²) in [4.78, 5) is 25.0. The van der Waals surface area contributed by atoms with Crippen molar-refractivity contribution in [3.63, 3.8) is 0 Å². The zero-order chi connectivity index (χ0) is 18.4. The van der Waals surface area contributed by atoms with E-state index in [1.54, 1.807) is 16.9 Å². The molecule has 3 N–H and O–H groups in total. The zero-order valence-corrected chi connectivity index (χ0v) is 16.2. The van der Waals surface area contributed by atoms with Gasteiger partial charge in [0.1, 0.15) is 5.54 Å². The van der Waals surface area contributed by atoms with Crippen LogP contribution in [-0.4, -0.2) is 47.8 Å². The number of nitrogens with zero attached hydrogens (tertiary/aromatic N) is 2. The Morgan fingerprint density at radius 1 is 1.19 bits per heavy atom. The van der Waals surface area contributed by atoms with Crippen LogP contribution in [0.15, 0.2) is 42.7 Å². The second kappa shape index (κ2) is 9.53. The predicted octanol–water partition coefficient (Wildman–Crippen LogP) is 1.24. The summed E-state index contributed by atoms with van der Waals surface area (Å²) in [7, 11) is 0. The molecule has 1 aliphatic heterocycles. The summed E-state index contributed by atoms with van der Waals surface area (Å²) >= 11 is 0. The molecule has 2 aromatic rings. The van der Waals surface area contributed by atoms with Crippen LogP contribution in [-0.2, 0) is 10.3 Å². The number of benzene rings is 1. The van der Waals surface area contributed by atoms with Crippen LogP contribution >= 0.6 is 12.4 Å². The third-order valence-electron chi connectivity index (χ3n) is 4.77. The van der Waals surface area contributed by atoms with Gasteiger partial charge in [0.25, 0.3) is 5.91 Å². The predicted molar refractivity (Wildman–Crippen MR) is 106 cm³/mol. The van der Waals surface area contributed by atoms with Crippen molar-refractivity contribution in [1.29, 1.82) is 0 Å². The summed E-state index contributed by atoms with van der Waals surface area (Å²) in [5.74, 6) is -0.181. The first-order chi connectivity index (χ1) is 12.6. The van der Waals surface area contributed by atoms with Crippen LogP contribution in [0.3, 0.4) is 0 Å². The number of rotatable bonds is 6. The fourth-order valence-electron chi connectivity index (χ4n) is 3.33. The number of amides is 2. The number of hydrogen-bond donors (Lipinski definition) is 3. The van der Waals surface area contributed by atoms with Crippen LogP contribution in [0.1, 0.15) is 28.8 Å². The SMILES string of the molecule is Cc1cccc(C(=O)NCCNC(=O)C2(n3cccn3)CCNCC2)c1.Cl. The molecule has 2 amide bonds. The summed E-state index contributed by atoms with van der Waals surface area (Å²) < 4.78 is 1.76. The Hall–Kier alpha value is -2.38. The number of aryl methyl sites for hydroxylation is 1. The molecule has 1 aliphatic rings. The Morgan fingerprint density at radius 3 is 2.59 bits per heavy atom. The Kier molecular flexibility index (Phi) is 7.38. The average Bonchev–Trinajstić information content (AvgIpc) is 3.20. The summed E-state index contributed by atoms with van der Waals surface area (Å²) in [6, 6.07) is 9.26. The lowest BCUT2D eigenvalue weighted by Crippen LogP contribution is -2.55. The van der Waals surface area contributed by atoms with Gasteiger partial charge >= 0.3 is 0 Å². The summed E-state index contributed by atoms with van der Waals surface area (Å²) in [6.45, 7) is 4.26. The quantitative estimate of drug-likeness (QED) is 0.646. The highest BCUT2D eigenvalue weighted by atomic mass is 35.5. The van der Waals surface area contributed by atoms with Crippen LogP contribution in [0.4, 0.5) is 0 Å². The van der Waals surface area contributed by atoms with Gasteiger partial charge in [-0.3, -0.25) is 14.3 Å². The van der Waals surface area contributed by atoms with Gasteiger partial charge in [0, 0.05) is 31.0 Å². The first kappa shape index (κ1) is 20.9. The Balaban J connectivity index is 0.00000261. The number of halogens is 1. The van der Waals surface area contributed by atoms with E-state index in [1.807, 2.05) is 37.4 Å². The first-order valence-electron chi connectivity index (χ1n) is 8.96. The maximum Gasteiger partial charge on any atom is 0.251 e. The molecule has 0 radical (unpaired) electrons. The van der Waals surface area contributed by atoms with E-state index in [4.69, 9.17) is 0 Å². The molecule has 27 heavy (non-hydrogen) atoms. The molecular weight excluding hydrogens is 366 g/mol. The monoisotopic (exact) mass is 391 g/mol. The van der Waals surface area contributed by atoms with Crippen molar-refractivity contribution in [1.82, 2.24) is 25.7 Å². The van der Waals surface area contributed by atoms with Crippen molar-refractivity contribution >= 4 is 24.2 Å². The third-order valence-corrected chi connectivity index (χ3v) is 4.77. The van der Waals surface area contributed by atoms with Gasteiger partial charge in [0.2, 0.25) is 5.91 Å². The minimum atomic E-state index is -0.657. The second-order valence-corrected chi connectivity index (χ2v) is 6.61. The molecule has 3 rings (SSSR count). The number of hydrogen-bond acceptors (Lipinski definition) is 4. The van der Waals surface area contributed by atoms with E-state index in [2.05, 4.69) is 21.0 Å². The Labute approximate surface area is 165 Å². The number of aromatic nitrogens is 2. The fourth-order valence-corrected chi connectivity index (χ4v) is 3.33. The lowest BCUT2D eigenvalue weighted by molar-refractivity contribution is -0.131. The minimum absolute atomic E-state index is 0. The maximum atomic E-state index is 12.9. The van der Waals surface area contributed by atoms with Crippen molar-refractivity contribution in [3.8, 4) is 0 Å². The molecule has 1 saturated heterocycles. The van der Waals surface area contributed by atoms with Crippen LogP contribution in [0.2, 0.25) is 0 Å². The average molecular weight is 392 g/mol. The molecule has 1 fully saturated rings. The number of piperidine rings is 1. The van der Waals surface area contributed by atoms with Gasteiger partial charge in [0.15, 0.2) is 0 Å². The molecule has 0 unspecified atom stereocenters. The lowest BCUT2D eigenvalue weighted by atomic mass is 9.87. The van der Waals surface area contributed by atoms with Gasteiger partial charge in [0.05, 0.1) is 0 Å². The van der Waals surface area contributed by atoms with Crippen LogP contribution < -0.4 is 16.0 Å². The van der Waals surface area contributed by atoms with Crippen LogP contribution in [0.25, 0.3) is 0 Å². The van der Waals surface area contributed by atoms with Crippen LogP contribution in [0, 0.1) is 6.92 Å². The molecule has 2 heterocycles. The number of carbonyl (C=O) groups is 2. The molecule has 0 saturated carbocycles. The highest BCUT2D eigenvalue weighted by Crippen LogP contribution is 2.26. The second-order valence-electron chi connectivity index (χ2n) is 6.61. The largest absolute Gasteiger partial charge is 0.352 e. The van der Waals surface area contributed by atoms with Crippen molar-refractivity contribution < 1.29 is 9.59 Å². The van der Waals surface area contributed by atoms with E-state index >= 15 is 0 Å². The molecule has 0 aliphatic carbocycles. The molecule has 1 aromatic carbocycles. The molecule has 146 valence electrons. The van der Waals surface area contributed by atoms with Crippen molar-refractivity contribution in [2.24, 2.45) is 0 Å².